The lowest BCUT2D eigenvalue weighted by molar-refractivity contribution is -0.120. The van der Waals surface area contributed by atoms with E-state index >= 15 is 0 Å². The Hall–Kier alpha value is -3.55. The minimum Gasteiger partial charge on any atom is -0.493 e. The van der Waals surface area contributed by atoms with E-state index in [1.54, 1.807) is 18.2 Å². The molecule has 30 heavy (non-hydrogen) atoms. The molecule has 0 heterocycles. The lowest BCUT2D eigenvalue weighted by Crippen LogP contribution is -2.34. The van der Waals surface area contributed by atoms with Crippen molar-refractivity contribution >= 4 is 18.0 Å². The maximum absolute atomic E-state index is 12.2. The van der Waals surface area contributed by atoms with E-state index in [1.807, 2.05) is 24.3 Å². The summed E-state index contributed by atoms with van der Waals surface area (Å²) < 4.78 is 15.9. The van der Waals surface area contributed by atoms with E-state index in [9.17, 15) is 9.59 Å². The zero-order chi connectivity index (χ0) is 21.9. The number of carbonyl (C=O) groups excluding carboxylic acids is 2. The van der Waals surface area contributed by atoms with E-state index in [0.29, 0.717) is 29.6 Å². The van der Waals surface area contributed by atoms with E-state index in [2.05, 4.69) is 29.7 Å². The van der Waals surface area contributed by atoms with E-state index in [1.165, 1.54) is 20.4 Å². The van der Waals surface area contributed by atoms with Gasteiger partial charge < -0.3 is 19.5 Å². The summed E-state index contributed by atoms with van der Waals surface area (Å²) in [6.07, 6.45) is 1.51. The van der Waals surface area contributed by atoms with Crippen molar-refractivity contribution in [1.29, 1.82) is 0 Å². The Labute approximate surface area is 176 Å². The molecule has 2 aromatic rings. The van der Waals surface area contributed by atoms with Crippen LogP contribution in [0.5, 0.6) is 17.2 Å². The number of hydrogen-bond donors (Lipinski definition) is 2. The fourth-order valence-corrected chi connectivity index (χ4v) is 2.37. The van der Waals surface area contributed by atoms with Gasteiger partial charge in [-0.3, -0.25) is 9.59 Å². The van der Waals surface area contributed by atoms with Gasteiger partial charge in [-0.15, -0.1) is 0 Å². The van der Waals surface area contributed by atoms with Crippen molar-refractivity contribution in [2.45, 2.75) is 13.8 Å². The normalized spacial score (nSPS) is 10.7. The molecule has 0 unspecified atom stereocenters. The van der Waals surface area contributed by atoms with Crippen molar-refractivity contribution in [2.75, 3.05) is 27.4 Å². The Kier molecular flexibility index (Phi) is 8.68. The maximum Gasteiger partial charge on any atom is 0.259 e. The molecular weight excluding hydrogens is 386 g/mol. The average molecular weight is 413 g/mol. The third kappa shape index (κ3) is 7.12. The second-order valence-corrected chi connectivity index (χ2v) is 6.82. The first-order valence-corrected chi connectivity index (χ1v) is 9.48. The second-order valence-electron chi connectivity index (χ2n) is 6.82. The highest BCUT2D eigenvalue weighted by Crippen LogP contribution is 2.27. The van der Waals surface area contributed by atoms with Crippen LogP contribution in [0.4, 0.5) is 0 Å². The Balaban J connectivity index is 1.80. The van der Waals surface area contributed by atoms with E-state index in [4.69, 9.17) is 14.2 Å². The highest BCUT2D eigenvalue weighted by molar-refractivity contribution is 5.97. The maximum atomic E-state index is 12.2. The number of benzene rings is 2. The van der Waals surface area contributed by atoms with E-state index in [0.717, 1.165) is 11.3 Å². The van der Waals surface area contributed by atoms with Gasteiger partial charge in [-0.2, -0.15) is 5.10 Å². The van der Waals surface area contributed by atoms with Crippen molar-refractivity contribution in [2.24, 2.45) is 11.0 Å². The minimum absolute atomic E-state index is 0.216. The number of hydrogen-bond acceptors (Lipinski definition) is 6. The molecular formula is C22H27N3O5. The van der Waals surface area contributed by atoms with Crippen LogP contribution in [0.3, 0.4) is 0 Å². The Morgan fingerprint density at radius 1 is 1.03 bits per heavy atom. The summed E-state index contributed by atoms with van der Waals surface area (Å²) in [5.41, 5.74) is 3.53. The Bertz CT molecular complexity index is 879. The number of ether oxygens (including phenoxy) is 3. The van der Waals surface area contributed by atoms with Crippen molar-refractivity contribution in [3.8, 4) is 17.2 Å². The summed E-state index contributed by atoms with van der Waals surface area (Å²) >= 11 is 0. The topological polar surface area (TPSA) is 98.2 Å². The summed E-state index contributed by atoms with van der Waals surface area (Å²) in [5.74, 6) is 1.32. The molecule has 0 saturated carbocycles. The van der Waals surface area contributed by atoms with E-state index in [-0.39, 0.29) is 6.54 Å². The molecule has 0 atom stereocenters. The van der Waals surface area contributed by atoms with Gasteiger partial charge in [-0.1, -0.05) is 13.8 Å². The molecule has 0 saturated heterocycles. The number of methoxy groups -OCH3 is 2. The predicted molar refractivity (Wildman–Crippen MR) is 114 cm³/mol. The van der Waals surface area contributed by atoms with Gasteiger partial charge in [0.25, 0.3) is 11.8 Å². The first-order valence-electron chi connectivity index (χ1n) is 9.48. The van der Waals surface area contributed by atoms with Gasteiger partial charge in [0.15, 0.2) is 11.5 Å². The fraction of sp³-hybridized carbons (Fsp3) is 0.318. The summed E-state index contributed by atoms with van der Waals surface area (Å²) in [6.45, 7) is 4.60. The number of nitrogens with zero attached hydrogens (tertiary/aromatic N) is 1. The molecule has 8 nitrogen and oxygen atoms in total. The van der Waals surface area contributed by atoms with Crippen LogP contribution in [0, 0.1) is 5.92 Å². The quantitative estimate of drug-likeness (QED) is 0.461. The second kappa shape index (κ2) is 11.5. The predicted octanol–water partition coefficient (Wildman–Crippen LogP) is 2.62. The van der Waals surface area contributed by atoms with Crippen molar-refractivity contribution in [3.05, 3.63) is 53.6 Å². The summed E-state index contributed by atoms with van der Waals surface area (Å²) in [5, 5.41) is 6.42. The van der Waals surface area contributed by atoms with E-state index < -0.39 is 11.8 Å². The molecule has 8 heteroatoms. The average Bonchev–Trinajstić information content (AvgIpc) is 2.76. The molecule has 0 spiro atoms. The molecule has 2 aromatic carbocycles. The molecule has 160 valence electrons. The highest BCUT2D eigenvalue weighted by Gasteiger charge is 2.11. The third-order valence-corrected chi connectivity index (χ3v) is 3.92. The fourth-order valence-electron chi connectivity index (χ4n) is 2.37. The molecule has 0 aromatic heterocycles. The van der Waals surface area contributed by atoms with Crippen LogP contribution in [0.2, 0.25) is 0 Å². The van der Waals surface area contributed by atoms with Gasteiger partial charge >= 0.3 is 0 Å². The number of nitrogens with one attached hydrogen (secondary N) is 2. The SMILES string of the molecule is COc1ccc(C(=O)NCC(=O)N/N=C/c2ccc(OCC(C)C)cc2)cc1OC. The van der Waals surface area contributed by atoms with Crippen LogP contribution in [0.25, 0.3) is 0 Å². The zero-order valence-electron chi connectivity index (χ0n) is 17.6. The van der Waals surface area contributed by atoms with Crippen molar-refractivity contribution < 1.29 is 23.8 Å². The van der Waals surface area contributed by atoms with Crippen molar-refractivity contribution in [1.82, 2.24) is 10.7 Å². The molecule has 0 aliphatic carbocycles. The smallest absolute Gasteiger partial charge is 0.259 e. The third-order valence-electron chi connectivity index (χ3n) is 3.92. The Morgan fingerprint density at radius 3 is 2.37 bits per heavy atom. The van der Waals surface area contributed by atoms with Crippen LogP contribution in [-0.2, 0) is 4.79 Å². The standard InChI is InChI=1S/C22H27N3O5/c1-15(2)14-30-18-8-5-16(6-9-18)12-24-25-21(26)13-23-22(27)17-7-10-19(28-3)20(11-17)29-4/h5-12,15H,13-14H2,1-4H3,(H,23,27)(H,25,26)/b24-12+. The molecule has 0 aliphatic heterocycles. The number of rotatable bonds is 10. The summed E-state index contributed by atoms with van der Waals surface area (Å²) in [7, 11) is 2.99. The number of hydrazone groups is 1. The van der Waals surface area contributed by atoms with Crippen LogP contribution < -0.4 is 25.0 Å². The van der Waals surface area contributed by atoms with Crippen molar-refractivity contribution in [3.63, 3.8) is 0 Å². The first-order chi connectivity index (χ1) is 14.4. The molecule has 2 rings (SSSR count). The minimum atomic E-state index is -0.447. The van der Waals surface area contributed by atoms with Crippen LogP contribution >= 0.6 is 0 Å². The van der Waals surface area contributed by atoms with Gasteiger partial charge in [-0.25, -0.2) is 5.43 Å². The zero-order valence-corrected chi connectivity index (χ0v) is 17.6. The van der Waals surface area contributed by atoms with Gasteiger partial charge in [0, 0.05) is 5.56 Å². The molecule has 2 N–H and O–H groups in total. The summed E-state index contributed by atoms with van der Waals surface area (Å²) in [6, 6.07) is 12.1. The van der Waals surface area contributed by atoms with Gasteiger partial charge in [-0.05, 0) is 53.9 Å². The van der Waals surface area contributed by atoms with Crippen LogP contribution in [0.1, 0.15) is 29.8 Å². The van der Waals surface area contributed by atoms with Gasteiger partial charge in [0.05, 0.1) is 33.6 Å². The number of amides is 2. The molecule has 0 aliphatic rings. The largest absolute Gasteiger partial charge is 0.493 e. The molecule has 0 bridgehead atoms. The van der Waals surface area contributed by atoms with Crippen LogP contribution in [0.15, 0.2) is 47.6 Å². The first kappa shape index (κ1) is 22.7. The lowest BCUT2D eigenvalue weighted by atomic mass is 10.2. The monoisotopic (exact) mass is 413 g/mol. The molecule has 0 fully saturated rings. The Morgan fingerprint density at radius 2 is 1.73 bits per heavy atom. The molecule has 0 radical (unpaired) electrons. The number of carbonyl (C=O) groups is 2. The van der Waals surface area contributed by atoms with Crippen LogP contribution in [-0.4, -0.2) is 45.4 Å². The summed E-state index contributed by atoms with van der Waals surface area (Å²) in [4.78, 5) is 24.1. The van der Waals surface area contributed by atoms with Gasteiger partial charge in [0.1, 0.15) is 5.75 Å². The highest BCUT2D eigenvalue weighted by atomic mass is 16.5. The molecule has 2 amide bonds. The lowest BCUT2D eigenvalue weighted by Gasteiger charge is -2.09. The van der Waals surface area contributed by atoms with Gasteiger partial charge in [0.2, 0.25) is 0 Å².